The number of amides is 1. The molecule has 1 heterocycles. The summed E-state index contributed by atoms with van der Waals surface area (Å²) in [6.07, 6.45) is 2.99. The lowest BCUT2D eigenvalue weighted by Crippen LogP contribution is -2.35. The summed E-state index contributed by atoms with van der Waals surface area (Å²) in [4.78, 5) is 14.6. The van der Waals surface area contributed by atoms with Gasteiger partial charge in [0, 0.05) is 24.3 Å². The molecule has 2 aromatic rings. The van der Waals surface area contributed by atoms with Crippen LogP contribution in [0.3, 0.4) is 0 Å². The Labute approximate surface area is 148 Å². The quantitative estimate of drug-likeness (QED) is 0.849. The van der Waals surface area contributed by atoms with E-state index in [0.717, 1.165) is 41.9 Å². The van der Waals surface area contributed by atoms with Crippen LogP contribution in [-0.2, 0) is 17.6 Å². The second-order valence-electron chi connectivity index (χ2n) is 6.18. The molecule has 1 amide bonds. The lowest BCUT2D eigenvalue weighted by Gasteiger charge is -2.30. The van der Waals surface area contributed by atoms with Gasteiger partial charge in [-0.05, 0) is 54.7 Å². The molecule has 1 aliphatic rings. The van der Waals surface area contributed by atoms with Crippen LogP contribution in [0.25, 0.3) is 0 Å². The van der Waals surface area contributed by atoms with Crippen molar-refractivity contribution in [1.29, 1.82) is 0 Å². The molecular weight excluding hydrogens is 316 g/mol. The fraction of sp³-hybridized carbons (Fsp3) is 0.350. The van der Waals surface area contributed by atoms with E-state index in [2.05, 4.69) is 0 Å². The van der Waals surface area contributed by atoms with Crippen LogP contribution < -0.4 is 20.1 Å². The predicted octanol–water partition coefficient (Wildman–Crippen LogP) is 3.20. The molecule has 0 fully saturated rings. The van der Waals surface area contributed by atoms with Gasteiger partial charge in [0.1, 0.15) is 0 Å². The number of carbonyl (C=O) groups excluding carboxylic acids is 1. The lowest BCUT2D eigenvalue weighted by atomic mass is 9.99. The van der Waals surface area contributed by atoms with E-state index in [0.29, 0.717) is 24.3 Å². The predicted molar refractivity (Wildman–Crippen MR) is 99.4 cm³/mol. The Balaban J connectivity index is 1.71. The van der Waals surface area contributed by atoms with Gasteiger partial charge in [0.25, 0.3) is 0 Å². The van der Waals surface area contributed by atoms with Crippen molar-refractivity contribution >= 4 is 17.3 Å². The van der Waals surface area contributed by atoms with Crippen molar-refractivity contribution in [3.63, 3.8) is 0 Å². The smallest absolute Gasteiger partial charge is 0.227 e. The topological polar surface area (TPSA) is 64.8 Å². The highest BCUT2D eigenvalue weighted by Gasteiger charge is 2.23. The average molecular weight is 340 g/mol. The van der Waals surface area contributed by atoms with E-state index in [1.807, 2.05) is 41.3 Å². The Hall–Kier alpha value is -2.69. The van der Waals surface area contributed by atoms with Crippen molar-refractivity contribution < 1.29 is 14.3 Å². The molecular formula is C20H24N2O3. The van der Waals surface area contributed by atoms with Gasteiger partial charge in [0.05, 0.1) is 14.2 Å². The van der Waals surface area contributed by atoms with Crippen LogP contribution in [0.1, 0.15) is 24.0 Å². The summed E-state index contributed by atoms with van der Waals surface area (Å²) in [7, 11) is 3.22. The number of hydrogen-bond donors (Lipinski definition) is 1. The molecule has 0 saturated heterocycles. The van der Waals surface area contributed by atoms with E-state index in [4.69, 9.17) is 15.2 Å². The minimum Gasteiger partial charge on any atom is -0.493 e. The maximum absolute atomic E-state index is 12.8. The highest BCUT2D eigenvalue weighted by molar-refractivity contribution is 5.95. The molecule has 132 valence electrons. The SMILES string of the molecule is COc1ccc(CCC(=O)N2CCCc3c(N)cccc32)cc1OC. The number of benzene rings is 2. The Kier molecular flexibility index (Phi) is 5.12. The van der Waals surface area contributed by atoms with Gasteiger partial charge in [0.2, 0.25) is 5.91 Å². The van der Waals surface area contributed by atoms with E-state index in [-0.39, 0.29) is 5.91 Å². The molecule has 0 unspecified atom stereocenters. The number of nitrogens with zero attached hydrogens (tertiary/aromatic N) is 1. The first-order chi connectivity index (χ1) is 12.1. The third-order valence-corrected chi connectivity index (χ3v) is 4.66. The molecule has 0 atom stereocenters. The standard InChI is InChI=1S/C20H24N2O3/c1-24-18-10-8-14(13-19(18)25-2)9-11-20(23)22-12-4-5-15-16(21)6-3-7-17(15)22/h3,6-8,10,13H,4-5,9,11-12,21H2,1-2H3. The zero-order valence-electron chi connectivity index (χ0n) is 14.7. The van der Waals surface area contributed by atoms with Crippen molar-refractivity contribution in [2.75, 3.05) is 31.4 Å². The number of nitrogen functional groups attached to an aromatic ring is 1. The molecule has 5 heteroatoms. The van der Waals surface area contributed by atoms with Crippen molar-refractivity contribution in [3.05, 3.63) is 47.5 Å². The van der Waals surface area contributed by atoms with Crippen molar-refractivity contribution in [2.24, 2.45) is 0 Å². The van der Waals surface area contributed by atoms with Crippen LogP contribution in [0.2, 0.25) is 0 Å². The molecule has 25 heavy (non-hydrogen) atoms. The number of methoxy groups -OCH3 is 2. The summed E-state index contributed by atoms with van der Waals surface area (Å²) in [6, 6.07) is 11.6. The zero-order valence-corrected chi connectivity index (χ0v) is 14.7. The second kappa shape index (κ2) is 7.47. The first kappa shape index (κ1) is 17.1. The summed E-state index contributed by atoms with van der Waals surface area (Å²) in [5.41, 5.74) is 9.94. The molecule has 3 rings (SSSR count). The monoisotopic (exact) mass is 340 g/mol. The van der Waals surface area contributed by atoms with E-state index < -0.39 is 0 Å². The Bertz CT molecular complexity index is 774. The summed E-state index contributed by atoms with van der Waals surface area (Å²) >= 11 is 0. The van der Waals surface area contributed by atoms with Crippen LogP contribution in [-0.4, -0.2) is 26.7 Å². The van der Waals surface area contributed by atoms with Crippen LogP contribution >= 0.6 is 0 Å². The van der Waals surface area contributed by atoms with Crippen LogP contribution in [0.4, 0.5) is 11.4 Å². The molecule has 1 aliphatic heterocycles. The van der Waals surface area contributed by atoms with Crippen molar-refractivity contribution in [1.82, 2.24) is 0 Å². The summed E-state index contributed by atoms with van der Waals surface area (Å²) < 4.78 is 10.6. The van der Waals surface area contributed by atoms with Crippen molar-refractivity contribution in [3.8, 4) is 11.5 Å². The Morgan fingerprint density at radius 2 is 1.96 bits per heavy atom. The number of aryl methyl sites for hydroxylation is 1. The first-order valence-corrected chi connectivity index (χ1v) is 8.52. The van der Waals surface area contributed by atoms with E-state index in [9.17, 15) is 4.79 Å². The largest absolute Gasteiger partial charge is 0.493 e. The molecule has 0 aliphatic carbocycles. The van der Waals surface area contributed by atoms with Crippen LogP contribution in [0, 0.1) is 0 Å². The zero-order chi connectivity index (χ0) is 17.8. The third kappa shape index (κ3) is 3.55. The molecule has 2 N–H and O–H groups in total. The molecule has 0 spiro atoms. The summed E-state index contributed by atoms with van der Waals surface area (Å²) in [5, 5.41) is 0. The Morgan fingerprint density at radius 1 is 1.16 bits per heavy atom. The molecule has 0 aromatic heterocycles. The molecule has 5 nitrogen and oxygen atoms in total. The molecule has 0 bridgehead atoms. The maximum atomic E-state index is 12.8. The van der Waals surface area contributed by atoms with Gasteiger partial charge in [-0.2, -0.15) is 0 Å². The second-order valence-corrected chi connectivity index (χ2v) is 6.18. The lowest BCUT2D eigenvalue weighted by molar-refractivity contribution is -0.118. The number of ether oxygens (including phenoxy) is 2. The fourth-order valence-corrected chi connectivity index (χ4v) is 3.33. The normalized spacial score (nSPS) is 13.3. The molecule has 0 radical (unpaired) electrons. The molecule has 2 aromatic carbocycles. The number of hydrogen-bond acceptors (Lipinski definition) is 4. The van der Waals surface area contributed by atoms with Gasteiger partial charge in [-0.15, -0.1) is 0 Å². The van der Waals surface area contributed by atoms with Gasteiger partial charge in [-0.25, -0.2) is 0 Å². The maximum Gasteiger partial charge on any atom is 0.227 e. The van der Waals surface area contributed by atoms with E-state index >= 15 is 0 Å². The number of fused-ring (bicyclic) bond motifs is 1. The summed E-state index contributed by atoms with van der Waals surface area (Å²) in [6.45, 7) is 0.751. The van der Waals surface area contributed by atoms with Gasteiger partial charge < -0.3 is 20.1 Å². The number of rotatable bonds is 5. The molecule has 0 saturated carbocycles. The van der Waals surface area contributed by atoms with Gasteiger partial charge in [-0.1, -0.05) is 12.1 Å². The van der Waals surface area contributed by atoms with Crippen molar-refractivity contribution in [2.45, 2.75) is 25.7 Å². The van der Waals surface area contributed by atoms with Gasteiger partial charge >= 0.3 is 0 Å². The number of carbonyl (C=O) groups is 1. The third-order valence-electron chi connectivity index (χ3n) is 4.66. The highest BCUT2D eigenvalue weighted by atomic mass is 16.5. The summed E-state index contributed by atoms with van der Waals surface area (Å²) in [5.74, 6) is 1.50. The highest BCUT2D eigenvalue weighted by Crippen LogP contribution is 2.32. The number of anilines is 2. The number of nitrogens with two attached hydrogens (primary N) is 1. The first-order valence-electron chi connectivity index (χ1n) is 8.52. The van der Waals surface area contributed by atoms with Crippen LogP contribution in [0.5, 0.6) is 11.5 Å². The Morgan fingerprint density at radius 3 is 2.72 bits per heavy atom. The van der Waals surface area contributed by atoms with Gasteiger partial charge in [-0.3, -0.25) is 4.79 Å². The van der Waals surface area contributed by atoms with Crippen LogP contribution in [0.15, 0.2) is 36.4 Å². The fourth-order valence-electron chi connectivity index (χ4n) is 3.33. The van der Waals surface area contributed by atoms with E-state index in [1.165, 1.54) is 0 Å². The minimum atomic E-state index is 0.126. The minimum absolute atomic E-state index is 0.126. The average Bonchev–Trinajstić information content (AvgIpc) is 2.65. The van der Waals surface area contributed by atoms with Gasteiger partial charge in [0.15, 0.2) is 11.5 Å². The van der Waals surface area contributed by atoms with E-state index in [1.54, 1.807) is 14.2 Å².